The van der Waals surface area contributed by atoms with Crippen molar-refractivity contribution in [3.05, 3.63) is 29.3 Å². The second-order valence-electron chi connectivity index (χ2n) is 5.18. The van der Waals surface area contributed by atoms with E-state index in [-0.39, 0.29) is 10.4 Å². The maximum atomic E-state index is 12.4. The molecule has 0 unspecified atom stereocenters. The molecule has 0 aliphatic heterocycles. The highest BCUT2D eigenvalue weighted by Crippen LogP contribution is 2.36. The molecule has 0 atom stereocenters. The van der Waals surface area contributed by atoms with Gasteiger partial charge in [0.2, 0.25) is 10.0 Å². The Hall–Kier alpha value is -1.38. The lowest BCUT2D eigenvalue weighted by molar-refractivity contribution is 0.214. The van der Waals surface area contributed by atoms with Gasteiger partial charge in [0, 0.05) is 5.54 Å². The van der Waals surface area contributed by atoms with E-state index in [1.54, 1.807) is 19.1 Å². The Labute approximate surface area is 114 Å². The lowest BCUT2D eigenvalue weighted by Gasteiger charge is -2.41. The normalized spacial score (nSPS) is 17.5. The SMILES string of the molecule is CCC1(NS(=O)(=O)c2ccc(C#N)c(C)c2)CCC1. The minimum absolute atomic E-state index is 0.240. The van der Waals surface area contributed by atoms with Crippen molar-refractivity contribution >= 4 is 10.0 Å². The predicted octanol–water partition coefficient (Wildman–Crippen LogP) is 2.48. The summed E-state index contributed by atoms with van der Waals surface area (Å²) in [5, 5.41) is 8.87. The Morgan fingerprint density at radius 1 is 1.42 bits per heavy atom. The summed E-state index contributed by atoms with van der Waals surface area (Å²) in [4.78, 5) is 0.240. The molecule has 0 aromatic heterocycles. The van der Waals surface area contributed by atoms with Gasteiger partial charge in [-0.1, -0.05) is 6.92 Å². The highest BCUT2D eigenvalue weighted by molar-refractivity contribution is 7.89. The number of aryl methyl sites for hydroxylation is 1. The van der Waals surface area contributed by atoms with Gasteiger partial charge in [-0.3, -0.25) is 0 Å². The molecule has 4 nitrogen and oxygen atoms in total. The Morgan fingerprint density at radius 3 is 2.53 bits per heavy atom. The Morgan fingerprint density at radius 2 is 2.11 bits per heavy atom. The number of hydrogen-bond acceptors (Lipinski definition) is 3. The van der Waals surface area contributed by atoms with E-state index in [0.717, 1.165) is 25.7 Å². The van der Waals surface area contributed by atoms with E-state index < -0.39 is 10.0 Å². The topological polar surface area (TPSA) is 70.0 Å². The summed E-state index contributed by atoms with van der Waals surface area (Å²) in [6, 6.07) is 6.65. The van der Waals surface area contributed by atoms with Gasteiger partial charge >= 0.3 is 0 Å². The maximum absolute atomic E-state index is 12.4. The summed E-state index contributed by atoms with van der Waals surface area (Å²) >= 11 is 0. The largest absolute Gasteiger partial charge is 0.241 e. The van der Waals surface area contributed by atoms with Crippen LogP contribution >= 0.6 is 0 Å². The van der Waals surface area contributed by atoms with Crippen LogP contribution in [0.1, 0.15) is 43.7 Å². The predicted molar refractivity (Wildman–Crippen MR) is 73.1 cm³/mol. The first kappa shape index (κ1) is 14.0. The molecule has 0 radical (unpaired) electrons. The van der Waals surface area contributed by atoms with Crippen LogP contribution in [0.15, 0.2) is 23.1 Å². The fourth-order valence-corrected chi connectivity index (χ4v) is 4.02. The number of hydrogen-bond donors (Lipinski definition) is 1. The van der Waals surface area contributed by atoms with Crippen LogP contribution in [0.25, 0.3) is 0 Å². The Balaban J connectivity index is 2.30. The molecule has 1 N–H and O–H groups in total. The lowest BCUT2D eigenvalue weighted by atomic mass is 9.76. The van der Waals surface area contributed by atoms with Gasteiger partial charge in [-0.05, 0) is 56.4 Å². The van der Waals surface area contributed by atoms with Crippen LogP contribution in [0, 0.1) is 18.3 Å². The fourth-order valence-electron chi connectivity index (χ4n) is 2.40. The van der Waals surface area contributed by atoms with Crippen LogP contribution in [0.2, 0.25) is 0 Å². The van der Waals surface area contributed by atoms with E-state index in [9.17, 15) is 8.42 Å². The first-order valence-electron chi connectivity index (χ1n) is 6.47. The minimum atomic E-state index is -3.50. The van der Waals surface area contributed by atoms with Gasteiger partial charge in [0.1, 0.15) is 0 Å². The van der Waals surface area contributed by atoms with Crippen molar-refractivity contribution in [1.29, 1.82) is 5.26 Å². The molecule has 1 aromatic carbocycles. The fraction of sp³-hybridized carbons (Fsp3) is 0.500. The van der Waals surface area contributed by atoms with Gasteiger partial charge < -0.3 is 0 Å². The molecule has 1 fully saturated rings. The van der Waals surface area contributed by atoms with Gasteiger partial charge in [-0.15, -0.1) is 0 Å². The number of nitrogens with one attached hydrogen (secondary N) is 1. The molecule has 19 heavy (non-hydrogen) atoms. The molecule has 0 saturated heterocycles. The molecule has 0 amide bonds. The summed E-state index contributed by atoms with van der Waals surface area (Å²) in [5.41, 5.74) is 0.929. The number of nitriles is 1. The van der Waals surface area contributed by atoms with Crippen molar-refractivity contribution in [3.63, 3.8) is 0 Å². The Bertz CT molecular complexity index is 620. The third kappa shape index (κ3) is 2.65. The average Bonchev–Trinajstić information content (AvgIpc) is 2.34. The summed E-state index contributed by atoms with van der Waals surface area (Å²) in [5.74, 6) is 0. The van der Waals surface area contributed by atoms with Crippen LogP contribution < -0.4 is 4.72 Å². The number of nitrogens with zero attached hydrogens (tertiary/aromatic N) is 1. The molecule has 2 rings (SSSR count). The summed E-state index contributed by atoms with van der Waals surface area (Å²) in [7, 11) is -3.50. The maximum Gasteiger partial charge on any atom is 0.241 e. The van der Waals surface area contributed by atoms with Crippen LogP contribution in [0.3, 0.4) is 0 Å². The van der Waals surface area contributed by atoms with Crippen molar-refractivity contribution in [2.75, 3.05) is 0 Å². The average molecular weight is 278 g/mol. The zero-order valence-electron chi connectivity index (χ0n) is 11.2. The van der Waals surface area contributed by atoms with Crippen LogP contribution in [-0.4, -0.2) is 14.0 Å². The first-order valence-corrected chi connectivity index (χ1v) is 7.95. The molecule has 0 spiro atoms. The van der Waals surface area contributed by atoms with E-state index in [1.807, 2.05) is 13.0 Å². The van der Waals surface area contributed by atoms with Crippen LogP contribution in [0.5, 0.6) is 0 Å². The van der Waals surface area contributed by atoms with Gasteiger partial charge in [-0.25, -0.2) is 13.1 Å². The van der Waals surface area contributed by atoms with Gasteiger partial charge in [0.25, 0.3) is 0 Å². The molecule has 0 bridgehead atoms. The van der Waals surface area contributed by atoms with E-state index in [0.29, 0.717) is 11.1 Å². The zero-order chi connectivity index (χ0) is 14.1. The van der Waals surface area contributed by atoms with E-state index in [1.165, 1.54) is 6.07 Å². The molecular formula is C14H18N2O2S. The quantitative estimate of drug-likeness (QED) is 0.919. The summed E-state index contributed by atoms with van der Waals surface area (Å²) < 4.78 is 27.5. The van der Waals surface area contributed by atoms with E-state index in [4.69, 9.17) is 5.26 Å². The first-order chi connectivity index (χ1) is 8.92. The van der Waals surface area contributed by atoms with E-state index >= 15 is 0 Å². The Kier molecular flexibility index (Phi) is 3.66. The molecule has 1 aromatic rings. The van der Waals surface area contributed by atoms with Crippen molar-refractivity contribution in [3.8, 4) is 6.07 Å². The third-order valence-electron chi connectivity index (χ3n) is 3.97. The summed E-state index contributed by atoms with van der Waals surface area (Å²) in [6.45, 7) is 3.75. The van der Waals surface area contributed by atoms with Gasteiger partial charge in [-0.2, -0.15) is 5.26 Å². The molecule has 1 saturated carbocycles. The number of benzene rings is 1. The van der Waals surface area contributed by atoms with Crippen molar-refractivity contribution in [1.82, 2.24) is 4.72 Å². The monoisotopic (exact) mass is 278 g/mol. The number of rotatable bonds is 4. The molecule has 1 aliphatic rings. The smallest absolute Gasteiger partial charge is 0.207 e. The standard InChI is InChI=1S/C14H18N2O2S/c1-3-14(7-4-8-14)16-19(17,18)13-6-5-12(10-15)11(2)9-13/h5-6,9,16H,3-4,7-8H2,1-2H3. The lowest BCUT2D eigenvalue weighted by Crippen LogP contribution is -2.52. The highest BCUT2D eigenvalue weighted by atomic mass is 32.2. The highest BCUT2D eigenvalue weighted by Gasteiger charge is 2.39. The molecule has 5 heteroatoms. The van der Waals surface area contributed by atoms with Crippen molar-refractivity contribution < 1.29 is 8.42 Å². The third-order valence-corrected chi connectivity index (χ3v) is 5.54. The van der Waals surface area contributed by atoms with E-state index in [2.05, 4.69) is 4.72 Å². The second-order valence-corrected chi connectivity index (χ2v) is 6.86. The molecule has 1 aliphatic carbocycles. The van der Waals surface area contributed by atoms with Crippen LogP contribution in [-0.2, 0) is 10.0 Å². The second kappa shape index (κ2) is 4.95. The van der Waals surface area contributed by atoms with Gasteiger partial charge in [0.05, 0.1) is 16.5 Å². The minimum Gasteiger partial charge on any atom is -0.207 e. The molecular weight excluding hydrogens is 260 g/mol. The van der Waals surface area contributed by atoms with Crippen LogP contribution in [0.4, 0.5) is 0 Å². The number of sulfonamides is 1. The van der Waals surface area contributed by atoms with Crippen molar-refractivity contribution in [2.24, 2.45) is 0 Å². The van der Waals surface area contributed by atoms with Crippen molar-refractivity contribution in [2.45, 2.75) is 50.0 Å². The van der Waals surface area contributed by atoms with Gasteiger partial charge in [0.15, 0.2) is 0 Å². The zero-order valence-corrected chi connectivity index (χ0v) is 12.0. The molecule has 0 heterocycles. The summed E-state index contributed by atoms with van der Waals surface area (Å²) in [6.07, 6.45) is 3.68. The molecule has 102 valence electrons.